The van der Waals surface area contributed by atoms with Gasteiger partial charge in [-0.15, -0.1) is 0 Å². The van der Waals surface area contributed by atoms with Crippen molar-refractivity contribution in [1.29, 1.82) is 0 Å². The molecule has 0 N–H and O–H groups in total. The van der Waals surface area contributed by atoms with Crippen LogP contribution in [0.15, 0.2) is 36.4 Å². The lowest BCUT2D eigenvalue weighted by Crippen LogP contribution is -2.22. The number of ether oxygens (including phenoxy) is 2. The van der Waals surface area contributed by atoms with E-state index in [0.29, 0.717) is 18.6 Å². The summed E-state index contributed by atoms with van der Waals surface area (Å²) in [5.74, 6) is -0.972. The van der Waals surface area contributed by atoms with Crippen molar-refractivity contribution >= 4 is 11.9 Å². The standard InChI is InChI=1S/C17H17NO4/c1-11-3-4-12(2)18(11)14-7-5-13(6-8-14)16(19)22-15-9-10-21-17(15)20/h3-8,15H,9-10H2,1-2H3/t15-/m0/s1. The lowest BCUT2D eigenvalue weighted by molar-refractivity contribution is -0.145. The minimum absolute atomic E-state index is 0.307. The lowest BCUT2D eigenvalue weighted by atomic mass is 10.2. The van der Waals surface area contributed by atoms with E-state index in [4.69, 9.17) is 9.47 Å². The van der Waals surface area contributed by atoms with Crippen molar-refractivity contribution in [3.8, 4) is 5.69 Å². The molecule has 1 aromatic heterocycles. The molecule has 1 aromatic carbocycles. The Morgan fingerprint density at radius 2 is 1.77 bits per heavy atom. The normalized spacial score (nSPS) is 17.4. The molecule has 0 saturated carbocycles. The van der Waals surface area contributed by atoms with Gasteiger partial charge in [-0.25, -0.2) is 9.59 Å². The van der Waals surface area contributed by atoms with Crippen molar-refractivity contribution in [2.75, 3.05) is 6.61 Å². The highest BCUT2D eigenvalue weighted by atomic mass is 16.6. The Balaban J connectivity index is 1.76. The van der Waals surface area contributed by atoms with Gasteiger partial charge in [-0.1, -0.05) is 0 Å². The van der Waals surface area contributed by atoms with Gasteiger partial charge in [-0.05, 0) is 50.2 Å². The number of carbonyl (C=O) groups is 2. The molecule has 0 spiro atoms. The van der Waals surface area contributed by atoms with Crippen LogP contribution in [0.3, 0.4) is 0 Å². The van der Waals surface area contributed by atoms with Crippen LogP contribution < -0.4 is 0 Å². The first kappa shape index (κ1) is 14.4. The Morgan fingerprint density at radius 1 is 1.14 bits per heavy atom. The van der Waals surface area contributed by atoms with Gasteiger partial charge in [0.15, 0.2) is 0 Å². The minimum atomic E-state index is -0.777. The second-order valence-electron chi connectivity index (χ2n) is 5.35. The van der Waals surface area contributed by atoms with Crippen LogP contribution in [0.2, 0.25) is 0 Å². The van der Waals surface area contributed by atoms with Gasteiger partial charge in [0.25, 0.3) is 0 Å². The van der Waals surface area contributed by atoms with Crippen LogP contribution in [0.1, 0.15) is 28.2 Å². The number of benzene rings is 1. The van der Waals surface area contributed by atoms with Gasteiger partial charge in [0.1, 0.15) is 0 Å². The monoisotopic (exact) mass is 299 g/mol. The van der Waals surface area contributed by atoms with Crippen molar-refractivity contribution in [3.05, 3.63) is 53.3 Å². The van der Waals surface area contributed by atoms with Crippen molar-refractivity contribution < 1.29 is 19.1 Å². The fraction of sp³-hybridized carbons (Fsp3) is 0.294. The molecule has 0 amide bonds. The largest absolute Gasteiger partial charge is 0.463 e. The van der Waals surface area contributed by atoms with Crippen molar-refractivity contribution in [1.82, 2.24) is 4.57 Å². The number of carbonyl (C=O) groups excluding carboxylic acids is 2. The van der Waals surface area contributed by atoms with Gasteiger partial charge in [-0.3, -0.25) is 0 Å². The van der Waals surface area contributed by atoms with E-state index in [1.54, 1.807) is 12.1 Å². The molecular formula is C17H17NO4. The summed E-state index contributed by atoms with van der Waals surface area (Å²) in [6.45, 7) is 4.36. The third kappa shape index (κ3) is 2.62. The van der Waals surface area contributed by atoms with E-state index in [2.05, 4.69) is 4.57 Å². The topological polar surface area (TPSA) is 57.5 Å². The second-order valence-corrected chi connectivity index (χ2v) is 5.35. The summed E-state index contributed by atoms with van der Waals surface area (Å²) in [6.07, 6.45) is -0.356. The van der Waals surface area contributed by atoms with Crippen molar-refractivity contribution in [2.45, 2.75) is 26.4 Å². The third-order valence-corrected chi connectivity index (χ3v) is 3.77. The maximum Gasteiger partial charge on any atom is 0.347 e. The van der Waals surface area contributed by atoms with E-state index in [-0.39, 0.29) is 0 Å². The molecule has 0 unspecified atom stereocenters. The maximum atomic E-state index is 12.0. The van der Waals surface area contributed by atoms with Gasteiger partial charge in [0, 0.05) is 23.5 Å². The van der Waals surface area contributed by atoms with E-state index in [1.807, 2.05) is 38.1 Å². The Bertz CT molecular complexity index is 695. The number of hydrogen-bond donors (Lipinski definition) is 0. The van der Waals surface area contributed by atoms with E-state index in [9.17, 15) is 9.59 Å². The van der Waals surface area contributed by atoms with Crippen molar-refractivity contribution in [2.24, 2.45) is 0 Å². The first-order valence-electron chi connectivity index (χ1n) is 7.19. The number of nitrogens with zero attached hydrogens (tertiary/aromatic N) is 1. The molecule has 5 heteroatoms. The third-order valence-electron chi connectivity index (χ3n) is 3.77. The number of aromatic nitrogens is 1. The molecule has 0 radical (unpaired) electrons. The SMILES string of the molecule is Cc1ccc(C)n1-c1ccc(C(=O)O[C@H]2CCOC2=O)cc1. The lowest BCUT2D eigenvalue weighted by Gasteiger charge is -2.11. The first-order valence-corrected chi connectivity index (χ1v) is 7.19. The highest BCUT2D eigenvalue weighted by Crippen LogP contribution is 2.18. The minimum Gasteiger partial charge on any atom is -0.463 e. The molecule has 1 fully saturated rings. The second kappa shape index (κ2) is 5.67. The quantitative estimate of drug-likeness (QED) is 0.817. The van der Waals surface area contributed by atoms with Crippen LogP contribution in [-0.4, -0.2) is 29.2 Å². The average molecular weight is 299 g/mol. The Kier molecular flexibility index (Phi) is 3.71. The van der Waals surface area contributed by atoms with Crippen LogP contribution in [0, 0.1) is 13.8 Å². The fourth-order valence-electron chi connectivity index (χ4n) is 2.60. The molecule has 2 aromatic rings. The van der Waals surface area contributed by atoms with Gasteiger partial charge in [0.2, 0.25) is 6.10 Å². The number of aryl methyl sites for hydroxylation is 2. The van der Waals surface area contributed by atoms with Crippen LogP contribution >= 0.6 is 0 Å². The van der Waals surface area contributed by atoms with Gasteiger partial charge in [0.05, 0.1) is 12.2 Å². The predicted molar refractivity (Wildman–Crippen MR) is 80.0 cm³/mol. The Labute approximate surface area is 128 Å². The van der Waals surface area contributed by atoms with E-state index in [0.717, 1.165) is 17.1 Å². The summed E-state index contributed by atoms with van der Waals surface area (Å²) >= 11 is 0. The molecule has 2 heterocycles. The molecule has 114 valence electrons. The smallest absolute Gasteiger partial charge is 0.347 e. The molecule has 0 aliphatic carbocycles. The first-order chi connectivity index (χ1) is 10.6. The molecule has 1 atom stereocenters. The van der Waals surface area contributed by atoms with Crippen LogP contribution in [0.5, 0.6) is 0 Å². The maximum absolute atomic E-state index is 12.0. The summed E-state index contributed by atoms with van der Waals surface area (Å²) in [5, 5.41) is 0. The zero-order chi connectivity index (χ0) is 15.7. The molecule has 5 nitrogen and oxygen atoms in total. The molecule has 3 rings (SSSR count). The highest BCUT2D eigenvalue weighted by molar-refractivity contribution is 5.91. The molecule has 1 aliphatic heterocycles. The summed E-state index contributed by atoms with van der Waals surface area (Å²) in [6, 6.07) is 11.2. The zero-order valence-corrected chi connectivity index (χ0v) is 12.5. The van der Waals surface area contributed by atoms with E-state index < -0.39 is 18.0 Å². The molecule has 22 heavy (non-hydrogen) atoms. The molecule has 0 bridgehead atoms. The molecule has 1 aliphatic rings. The summed E-state index contributed by atoms with van der Waals surface area (Å²) in [7, 11) is 0. The summed E-state index contributed by atoms with van der Waals surface area (Å²) < 4.78 is 12.0. The van der Waals surface area contributed by atoms with Crippen LogP contribution in [-0.2, 0) is 14.3 Å². The number of esters is 2. The van der Waals surface area contributed by atoms with Gasteiger partial charge < -0.3 is 14.0 Å². The summed E-state index contributed by atoms with van der Waals surface area (Å²) in [4.78, 5) is 23.4. The van der Waals surface area contributed by atoms with Crippen LogP contribution in [0.25, 0.3) is 5.69 Å². The fourth-order valence-corrected chi connectivity index (χ4v) is 2.60. The average Bonchev–Trinajstić information content (AvgIpc) is 3.05. The summed E-state index contributed by atoms with van der Waals surface area (Å²) in [5.41, 5.74) is 3.66. The van der Waals surface area contributed by atoms with Crippen molar-refractivity contribution in [3.63, 3.8) is 0 Å². The van der Waals surface area contributed by atoms with Gasteiger partial charge >= 0.3 is 11.9 Å². The highest BCUT2D eigenvalue weighted by Gasteiger charge is 2.30. The number of rotatable bonds is 3. The van der Waals surface area contributed by atoms with Crippen LogP contribution in [0.4, 0.5) is 0 Å². The van der Waals surface area contributed by atoms with Gasteiger partial charge in [-0.2, -0.15) is 0 Å². The molecule has 1 saturated heterocycles. The number of hydrogen-bond acceptors (Lipinski definition) is 4. The zero-order valence-electron chi connectivity index (χ0n) is 12.5. The number of cyclic esters (lactones) is 1. The molecular weight excluding hydrogens is 282 g/mol. The predicted octanol–water partition coefficient (Wildman–Crippen LogP) is 2.57. The Morgan fingerprint density at radius 3 is 2.32 bits per heavy atom. The van der Waals surface area contributed by atoms with E-state index in [1.165, 1.54) is 0 Å². The Hall–Kier alpha value is -2.56. The van der Waals surface area contributed by atoms with E-state index >= 15 is 0 Å².